The molecule has 0 radical (unpaired) electrons. The van der Waals surface area contributed by atoms with Crippen molar-refractivity contribution in [3.63, 3.8) is 0 Å². The fraction of sp³-hybridized carbons (Fsp3) is 0.583. The van der Waals surface area contributed by atoms with Crippen molar-refractivity contribution >= 4 is 5.91 Å². The number of aromatic nitrogens is 6. The predicted octanol–water partition coefficient (Wildman–Crippen LogP) is 0.384. The third-order valence-corrected chi connectivity index (χ3v) is 3.24. The molecule has 108 valence electrons. The highest BCUT2D eigenvalue weighted by Gasteiger charge is 2.18. The van der Waals surface area contributed by atoms with Gasteiger partial charge in [0, 0.05) is 17.8 Å². The van der Waals surface area contributed by atoms with E-state index >= 15 is 0 Å². The third kappa shape index (κ3) is 2.84. The molecular formula is C12H19N7O. The lowest BCUT2D eigenvalue weighted by Crippen LogP contribution is -2.30. The second-order valence-electron chi connectivity index (χ2n) is 4.70. The maximum absolute atomic E-state index is 11.9. The Hall–Kier alpha value is -2.25. The van der Waals surface area contributed by atoms with Crippen molar-refractivity contribution in [2.75, 3.05) is 0 Å². The van der Waals surface area contributed by atoms with E-state index in [9.17, 15) is 4.79 Å². The topological polar surface area (TPSA) is 90.5 Å². The molecular weight excluding hydrogens is 258 g/mol. The van der Waals surface area contributed by atoms with Crippen LogP contribution in [0.3, 0.4) is 0 Å². The molecule has 2 rings (SSSR count). The van der Waals surface area contributed by atoms with Crippen LogP contribution in [0, 0.1) is 13.8 Å². The van der Waals surface area contributed by atoms with E-state index in [1.54, 1.807) is 0 Å². The number of tetrazole rings is 1. The van der Waals surface area contributed by atoms with Gasteiger partial charge in [0.05, 0.1) is 11.7 Å². The van der Waals surface area contributed by atoms with Gasteiger partial charge in [-0.25, -0.2) is 4.68 Å². The van der Waals surface area contributed by atoms with Crippen LogP contribution in [0.5, 0.6) is 0 Å². The Morgan fingerprint density at radius 2 is 2.20 bits per heavy atom. The molecule has 8 heteroatoms. The van der Waals surface area contributed by atoms with Crippen molar-refractivity contribution in [1.29, 1.82) is 0 Å². The molecule has 0 fully saturated rings. The number of carbonyl (C=O) groups excluding carboxylic acids is 1. The van der Waals surface area contributed by atoms with E-state index < -0.39 is 0 Å². The SMILES string of the molecule is CCn1nc(C)c([C@H](C)NC(=O)Cn2cnnn2)c1C. The minimum absolute atomic E-state index is 0.0979. The number of carbonyl (C=O) groups is 1. The van der Waals surface area contributed by atoms with Gasteiger partial charge in [-0.3, -0.25) is 9.48 Å². The third-order valence-electron chi connectivity index (χ3n) is 3.24. The van der Waals surface area contributed by atoms with E-state index in [0.717, 1.165) is 23.5 Å². The van der Waals surface area contributed by atoms with Gasteiger partial charge >= 0.3 is 0 Å². The second-order valence-corrected chi connectivity index (χ2v) is 4.70. The van der Waals surface area contributed by atoms with E-state index in [1.807, 2.05) is 32.4 Å². The number of nitrogens with one attached hydrogen (secondary N) is 1. The van der Waals surface area contributed by atoms with Crippen LogP contribution in [-0.2, 0) is 17.9 Å². The Balaban J connectivity index is 2.06. The first-order chi connectivity index (χ1) is 9.52. The standard InChI is InChI=1S/C12H19N7O/c1-5-19-10(4)12(9(3)15-19)8(2)14-11(20)6-18-7-13-16-17-18/h7-8H,5-6H2,1-4H3,(H,14,20)/t8-/m0/s1. The molecule has 0 aliphatic carbocycles. The molecule has 0 aliphatic heterocycles. The quantitative estimate of drug-likeness (QED) is 0.853. The van der Waals surface area contributed by atoms with Gasteiger partial charge in [-0.1, -0.05) is 0 Å². The number of hydrogen-bond acceptors (Lipinski definition) is 5. The van der Waals surface area contributed by atoms with E-state index in [4.69, 9.17) is 0 Å². The summed E-state index contributed by atoms with van der Waals surface area (Å²) in [7, 11) is 0. The smallest absolute Gasteiger partial charge is 0.242 e. The van der Waals surface area contributed by atoms with Crippen LogP contribution >= 0.6 is 0 Å². The minimum atomic E-state index is -0.132. The van der Waals surface area contributed by atoms with Gasteiger partial charge < -0.3 is 5.32 Å². The van der Waals surface area contributed by atoms with Crippen LogP contribution in [0.15, 0.2) is 6.33 Å². The molecule has 0 bridgehead atoms. The Morgan fingerprint density at radius 3 is 2.75 bits per heavy atom. The Labute approximate surface area is 117 Å². The first-order valence-electron chi connectivity index (χ1n) is 6.57. The van der Waals surface area contributed by atoms with Crippen LogP contribution in [0.25, 0.3) is 0 Å². The molecule has 0 saturated carbocycles. The van der Waals surface area contributed by atoms with E-state index in [1.165, 1.54) is 11.0 Å². The molecule has 2 aromatic rings. The first-order valence-corrected chi connectivity index (χ1v) is 6.57. The molecule has 0 unspecified atom stereocenters. The fourth-order valence-corrected chi connectivity index (χ4v) is 2.40. The zero-order valence-corrected chi connectivity index (χ0v) is 12.2. The van der Waals surface area contributed by atoms with Crippen molar-refractivity contribution < 1.29 is 4.79 Å². The second kappa shape index (κ2) is 5.81. The van der Waals surface area contributed by atoms with Gasteiger partial charge in [-0.15, -0.1) is 5.10 Å². The monoisotopic (exact) mass is 277 g/mol. The van der Waals surface area contributed by atoms with Crippen molar-refractivity contribution in [3.8, 4) is 0 Å². The van der Waals surface area contributed by atoms with E-state index in [2.05, 4.69) is 25.9 Å². The number of rotatable bonds is 5. The van der Waals surface area contributed by atoms with Crippen LogP contribution in [0.2, 0.25) is 0 Å². The zero-order chi connectivity index (χ0) is 14.7. The van der Waals surface area contributed by atoms with Crippen molar-refractivity contribution in [2.45, 2.75) is 46.8 Å². The van der Waals surface area contributed by atoms with Crippen LogP contribution in [0.1, 0.15) is 36.8 Å². The predicted molar refractivity (Wildman–Crippen MR) is 71.7 cm³/mol. The average molecular weight is 277 g/mol. The lowest BCUT2D eigenvalue weighted by Gasteiger charge is -2.14. The molecule has 1 N–H and O–H groups in total. The maximum Gasteiger partial charge on any atom is 0.242 e. The molecule has 2 aromatic heterocycles. The minimum Gasteiger partial charge on any atom is -0.348 e. The summed E-state index contributed by atoms with van der Waals surface area (Å²) in [6.07, 6.45) is 1.41. The van der Waals surface area contributed by atoms with Crippen LogP contribution in [-0.4, -0.2) is 35.9 Å². The molecule has 1 atom stereocenters. The van der Waals surface area contributed by atoms with Gasteiger partial charge in [-0.2, -0.15) is 5.10 Å². The maximum atomic E-state index is 11.9. The fourth-order valence-electron chi connectivity index (χ4n) is 2.40. The summed E-state index contributed by atoms with van der Waals surface area (Å²) in [6, 6.07) is -0.0979. The van der Waals surface area contributed by atoms with Gasteiger partial charge in [0.15, 0.2) is 0 Å². The summed E-state index contributed by atoms with van der Waals surface area (Å²) >= 11 is 0. The number of aryl methyl sites for hydroxylation is 2. The Kier molecular flexibility index (Phi) is 4.11. The normalized spacial score (nSPS) is 12.4. The van der Waals surface area contributed by atoms with Crippen LogP contribution < -0.4 is 5.32 Å². The molecule has 0 saturated heterocycles. The van der Waals surface area contributed by atoms with Crippen molar-refractivity contribution in [2.24, 2.45) is 0 Å². The highest BCUT2D eigenvalue weighted by Crippen LogP contribution is 2.21. The molecule has 2 heterocycles. The Bertz CT molecular complexity index is 587. The van der Waals surface area contributed by atoms with Gasteiger partial charge in [0.25, 0.3) is 0 Å². The number of nitrogens with zero attached hydrogens (tertiary/aromatic N) is 6. The van der Waals surface area contributed by atoms with Gasteiger partial charge in [-0.05, 0) is 38.1 Å². The molecule has 0 spiro atoms. The summed E-state index contributed by atoms with van der Waals surface area (Å²) in [5.74, 6) is -0.132. The summed E-state index contributed by atoms with van der Waals surface area (Å²) in [6.45, 7) is 8.90. The number of amides is 1. The summed E-state index contributed by atoms with van der Waals surface area (Å²) < 4.78 is 3.33. The molecule has 0 aromatic carbocycles. The largest absolute Gasteiger partial charge is 0.348 e. The van der Waals surface area contributed by atoms with Gasteiger partial charge in [0.1, 0.15) is 12.9 Å². The van der Waals surface area contributed by atoms with E-state index in [-0.39, 0.29) is 18.5 Å². The van der Waals surface area contributed by atoms with Crippen LogP contribution in [0.4, 0.5) is 0 Å². The Morgan fingerprint density at radius 1 is 1.45 bits per heavy atom. The first kappa shape index (κ1) is 14.2. The van der Waals surface area contributed by atoms with Crippen molar-refractivity contribution in [3.05, 3.63) is 23.3 Å². The lowest BCUT2D eigenvalue weighted by atomic mass is 10.1. The highest BCUT2D eigenvalue weighted by molar-refractivity contribution is 5.76. The lowest BCUT2D eigenvalue weighted by molar-refractivity contribution is -0.122. The summed E-state index contributed by atoms with van der Waals surface area (Å²) in [5.41, 5.74) is 3.09. The molecule has 20 heavy (non-hydrogen) atoms. The zero-order valence-electron chi connectivity index (χ0n) is 12.2. The molecule has 1 amide bonds. The summed E-state index contributed by atoms with van der Waals surface area (Å²) in [4.78, 5) is 11.9. The van der Waals surface area contributed by atoms with Crippen molar-refractivity contribution in [1.82, 2.24) is 35.3 Å². The molecule has 8 nitrogen and oxygen atoms in total. The van der Waals surface area contributed by atoms with Gasteiger partial charge in [0.2, 0.25) is 5.91 Å². The highest BCUT2D eigenvalue weighted by atomic mass is 16.2. The number of hydrogen-bond donors (Lipinski definition) is 1. The molecule has 0 aliphatic rings. The summed E-state index contributed by atoms with van der Waals surface area (Å²) in [5, 5.41) is 18.1. The van der Waals surface area contributed by atoms with E-state index in [0.29, 0.717) is 0 Å². The average Bonchev–Trinajstić information content (AvgIpc) is 2.97.